The summed E-state index contributed by atoms with van der Waals surface area (Å²) in [5.41, 5.74) is 7.80. The Morgan fingerprint density at radius 1 is 1.07 bits per heavy atom. The van der Waals surface area contributed by atoms with Crippen molar-refractivity contribution < 1.29 is 4.74 Å². The predicted octanol–water partition coefficient (Wildman–Crippen LogP) is 3.76. The molecule has 0 fully saturated rings. The lowest BCUT2D eigenvalue weighted by molar-refractivity contribution is 0.415. The maximum Gasteiger partial charge on any atom is 0.232 e. The lowest BCUT2D eigenvalue weighted by atomic mass is 10.3. The Hall–Kier alpha value is -3.44. The van der Waals surface area contributed by atoms with Gasteiger partial charge in [-0.15, -0.1) is 10.2 Å². The molecule has 3 heterocycles. The first kappa shape index (κ1) is 18.6. The largest absolute Gasteiger partial charge is 0.497 e. The minimum atomic E-state index is 0.156. The smallest absolute Gasteiger partial charge is 0.232 e. The van der Waals surface area contributed by atoms with Crippen LogP contribution in [0.2, 0.25) is 0 Å². The van der Waals surface area contributed by atoms with Crippen LogP contribution in [0.15, 0.2) is 53.7 Å². The molecule has 0 saturated heterocycles. The molecule has 150 valence electrons. The van der Waals surface area contributed by atoms with E-state index < -0.39 is 0 Å². The van der Waals surface area contributed by atoms with E-state index in [9.17, 15) is 0 Å². The molecule has 2 aromatic carbocycles. The average molecular weight is 437 g/mol. The number of rotatable bonds is 6. The van der Waals surface area contributed by atoms with Gasteiger partial charge in [0.15, 0.2) is 5.16 Å². The number of methoxy groups -OCH3 is 1. The van der Waals surface area contributed by atoms with Crippen LogP contribution in [-0.4, -0.2) is 36.7 Å². The highest BCUT2D eigenvalue weighted by Crippen LogP contribution is 2.30. The molecule has 0 aliphatic carbocycles. The second-order valence-corrected chi connectivity index (χ2v) is 8.20. The molecule has 0 spiro atoms. The first-order valence-corrected chi connectivity index (χ1v) is 10.8. The first-order valence-electron chi connectivity index (χ1n) is 8.96. The number of nitrogen functional groups attached to an aromatic ring is 1. The highest BCUT2D eigenvalue weighted by Gasteiger charge is 2.14. The highest BCUT2D eigenvalue weighted by molar-refractivity contribution is 7.98. The van der Waals surface area contributed by atoms with Crippen molar-refractivity contribution in [3.05, 3.63) is 54.4 Å². The summed E-state index contributed by atoms with van der Waals surface area (Å²) in [5.74, 6) is 2.35. The molecular formula is C19H16N8OS2. The van der Waals surface area contributed by atoms with Crippen LogP contribution in [0, 0.1) is 0 Å². The predicted molar refractivity (Wildman–Crippen MR) is 118 cm³/mol. The summed E-state index contributed by atoms with van der Waals surface area (Å²) in [4.78, 5) is 13.8. The van der Waals surface area contributed by atoms with Gasteiger partial charge in [0, 0.05) is 5.69 Å². The van der Waals surface area contributed by atoms with E-state index in [0.29, 0.717) is 17.5 Å². The lowest BCUT2D eigenvalue weighted by Crippen LogP contribution is -2.06. The highest BCUT2D eigenvalue weighted by atomic mass is 32.2. The quantitative estimate of drug-likeness (QED) is 0.384. The monoisotopic (exact) mass is 436 g/mol. The van der Waals surface area contributed by atoms with E-state index >= 15 is 0 Å². The van der Waals surface area contributed by atoms with E-state index in [0.717, 1.165) is 27.1 Å². The third kappa shape index (κ3) is 3.60. The first-order chi connectivity index (χ1) is 14.7. The fourth-order valence-electron chi connectivity index (χ4n) is 2.94. The van der Waals surface area contributed by atoms with Crippen molar-refractivity contribution in [2.75, 3.05) is 18.2 Å². The minimum Gasteiger partial charge on any atom is -0.497 e. The summed E-state index contributed by atoms with van der Waals surface area (Å²) in [6.07, 6.45) is 0. The molecule has 0 unspecified atom stereocenters. The number of nitrogens with two attached hydrogens (primary N) is 1. The Kier molecular flexibility index (Phi) is 4.81. The van der Waals surface area contributed by atoms with Crippen LogP contribution in [0.3, 0.4) is 0 Å². The second kappa shape index (κ2) is 7.76. The molecule has 0 aliphatic rings. The van der Waals surface area contributed by atoms with Gasteiger partial charge in [0.1, 0.15) is 11.6 Å². The van der Waals surface area contributed by atoms with Gasteiger partial charge < -0.3 is 15.8 Å². The van der Waals surface area contributed by atoms with Crippen molar-refractivity contribution in [1.29, 1.82) is 0 Å². The van der Waals surface area contributed by atoms with Gasteiger partial charge in [-0.1, -0.05) is 35.2 Å². The zero-order chi connectivity index (χ0) is 20.5. The number of anilines is 3. The third-order valence-electron chi connectivity index (χ3n) is 4.29. The molecule has 9 nitrogen and oxygen atoms in total. The van der Waals surface area contributed by atoms with E-state index in [1.807, 2.05) is 40.8 Å². The maximum atomic E-state index is 5.89. The zero-order valence-electron chi connectivity index (χ0n) is 15.8. The summed E-state index contributed by atoms with van der Waals surface area (Å²) in [6.45, 7) is 0. The third-order valence-corrected chi connectivity index (χ3v) is 6.22. The summed E-state index contributed by atoms with van der Waals surface area (Å²) in [6, 6.07) is 15.6. The van der Waals surface area contributed by atoms with Crippen LogP contribution in [0.1, 0.15) is 5.82 Å². The van der Waals surface area contributed by atoms with Gasteiger partial charge in [-0.2, -0.15) is 15.0 Å². The minimum absolute atomic E-state index is 0.156. The number of nitrogens with zero attached hydrogens (tertiary/aromatic N) is 6. The normalized spacial score (nSPS) is 11.2. The molecule has 30 heavy (non-hydrogen) atoms. The Morgan fingerprint density at radius 2 is 1.90 bits per heavy atom. The van der Waals surface area contributed by atoms with Crippen molar-refractivity contribution in [3.8, 4) is 5.75 Å². The molecule has 0 saturated carbocycles. The fourth-order valence-corrected chi connectivity index (χ4v) is 4.76. The van der Waals surface area contributed by atoms with Crippen LogP contribution in [0.4, 0.5) is 17.6 Å². The molecular weight excluding hydrogens is 420 g/mol. The number of thiazole rings is 1. The Labute approximate surface area is 179 Å². The van der Waals surface area contributed by atoms with Crippen LogP contribution in [-0.2, 0) is 5.75 Å². The molecule has 3 aromatic heterocycles. The van der Waals surface area contributed by atoms with Crippen LogP contribution >= 0.6 is 23.1 Å². The van der Waals surface area contributed by atoms with Gasteiger partial charge in [-0.25, -0.2) is 0 Å². The number of hydrogen-bond donors (Lipinski definition) is 2. The van der Waals surface area contributed by atoms with E-state index in [1.54, 1.807) is 18.4 Å². The number of aromatic nitrogens is 6. The summed E-state index contributed by atoms with van der Waals surface area (Å²) in [5, 5.41) is 12.5. The fraction of sp³-hybridized carbons (Fsp3) is 0.105. The molecule has 5 aromatic rings. The second-order valence-electron chi connectivity index (χ2n) is 6.25. The van der Waals surface area contributed by atoms with Crippen molar-refractivity contribution in [1.82, 2.24) is 29.5 Å². The number of nitrogens with one attached hydrogen (secondary N) is 1. The van der Waals surface area contributed by atoms with Gasteiger partial charge in [-0.3, -0.25) is 4.40 Å². The van der Waals surface area contributed by atoms with Crippen LogP contribution in [0.25, 0.3) is 15.2 Å². The van der Waals surface area contributed by atoms with E-state index in [-0.39, 0.29) is 5.95 Å². The van der Waals surface area contributed by atoms with Crippen LogP contribution < -0.4 is 15.8 Å². The molecule has 3 N–H and O–H groups in total. The number of para-hydroxylation sites is 1. The summed E-state index contributed by atoms with van der Waals surface area (Å²) in [7, 11) is 1.63. The van der Waals surface area contributed by atoms with E-state index in [4.69, 9.17) is 10.5 Å². The summed E-state index contributed by atoms with van der Waals surface area (Å²) >= 11 is 3.11. The Bertz CT molecular complexity index is 1330. The van der Waals surface area contributed by atoms with Crippen molar-refractivity contribution >= 4 is 55.9 Å². The van der Waals surface area contributed by atoms with Gasteiger partial charge >= 0.3 is 0 Å². The van der Waals surface area contributed by atoms with Crippen molar-refractivity contribution in [3.63, 3.8) is 0 Å². The number of fused-ring (bicyclic) bond motifs is 3. The molecule has 0 radical (unpaired) electrons. The van der Waals surface area contributed by atoms with E-state index in [2.05, 4.69) is 42.6 Å². The number of ether oxygens (including phenoxy) is 1. The van der Waals surface area contributed by atoms with Crippen LogP contribution in [0.5, 0.6) is 5.75 Å². The number of hydrogen-bond acceptors (Lipinski definition) is 10. The molecule has 0 aliphatic heterocycles. The molecule has 11 heteroatoms. The van der Waals surface area contributed by atoms with Crippen molar-refractivity contribution in [2.24, 2.45) is 0 Å². The topological polar surface area (TPSA) is 116 Å². The SMILES string of the molecule is COc1ccc(Nc2nc(N)nc(CSc3nnc4sc5ccccc5n34)n2)cc1. The standard InChI is InChI=1S/C19H16N8OS2/c1-28-12-8-6-11(7-9-12)21-17-23-15(22-16(20)24-17)10-29-18-25-26-19-27(18)13-4-2-3-5-14(13)30-19/h2-9H,10H2,1H3,(H3,20,21,22,23,24). The molecule has 0 bridgehead atoms. The Morgan fingerprint density at radius 3 is 2.73 bits per heavy atom. The van der Waals surface area contributed by atoms with Crippen molar-refractivity contribution in [2.45, 2.75) is 10.9 Å². The number of thioether (sulfide) groups is 1. The maximum absolute atomic E-state index is 5.89. The molecule has 0 amide bonds. The molecule has 0 atom stereocenters. The van der Waals surface area contributed by atoms with E-state index in [1.165, 1.54) is 16.5 Å². The van der Waals surface area contributed by atoms with Gasteiger partial charge in [0.25, 0.3) is 0 Å². The number of benzene rings is 2. The molecule has 5 rings (SSSR count). The van der Waals surface area contributed by atoms with Gasteiger partial charge in [0.2, 0.25) is 16.9 Å². The lowest BCUT2D eigenvalue weighted by Gasteiger charge is -2.08. The average Bonchev–Trinajstić information content (AvgIpc) is 3.32. The van der Waals surface area contributed by atoms with Gasteiger partial charge in [0.05, 0.1) is 23.1 Å². The zero-order valence-corrected chi connectivity index (χ0v) is 17.4. The Balaban J connectivity index is 1.37. The summed E-state index contributed by atoms with van der Waals surface area (Å²) < 4.78 is 8.39. The van der Waals surface area contributed by atoms with Gasteiger partial charge in [-0.05, 0) is 36.4 Å².